The molecule has 0 unspecified atom stereocenters. The van der Waals surface area contributed by atoms with E-state index in [0.717, 1.165) is 38.3 Å². The number of fused-ring (bicyclic) bond motifs is 1. The van der Waals surface area contributed by atoms with Gasteiger partial charge in [-0.1, -0.05) is 32.5 Å². The lowest BCUT2D eigenvalue weighted by Gasteiger charge is -2.48. The van der Waals surface area contributed by atoms with Crippen LogP contribution in [0.2, 0.25) is 25.7 Å². The summed E-state index contributed by atoms with van der Waals surface area (Å²) in [5.41, 5.74) is 0. The normalized spacial score (nSPS) is 27.4. The van der Waals surface area contributed by atoms with Crippen molar-refractivity contribution in [2.24, 2.45) is 17.8 Å². The van der Waals surface area contributed by atoms with Gasteiger partial charge in [-0.05, 0) is 55.4 Å². The van der Waals surface area contributed by atoms with Gasteiger partial charge >= 0.3 is 6.09 Å². The number of hydrogen-bond donors (Lipinski definition) is 1. The molecular weight excluding hydrogens is 370 g/mol. The fraction of sp³-hybridized carbons (Fsp3) is 0.818. The largest absolute Gasteiger partial charge is 0.450 e. The molecule has 4 atom stereocenters. The van der Waals surface area contributed by atoms with Gasteiger partial charge in [0.25, 0.3) is 0 Å². The monoisotopic (exact) mass is 407 g/mol. The first kappa shape index (κ1) is 23.0. The molecule has 28 heavy (non-hydrogen) atoms. The van der Waals surface area contributed by atoms with Crippen LogP contribution in [0.3, 0.4) is 0 Å². The van der Waals surface area contributed by atoms with E-state index in [1.807, 2.05) is 4.90 Å². The van der Waals surface area contributed by atoms with Crippen molar-refractivity contribution >= 4 is 20.0 Å². The number of piperidine rings is 1. The van der Waals surface area contributed by atoms with Crippen molar-refractivity contribution in [3.63, 3.8) is 0 Å². The summed E-state index contributed by atoms with van der Waals surface area (Å²) in [6.07, 6.45) is 4.69. The van der Waals surface area contributed by atoms with Crippen LogP contribution in [0.4, 0.5) is 4.79 Å². The number of likely N-dealkylation sites (tertiary alicyclic amines) is 1. The smallest absolute Gasteiger partial charge is 0.410 e. The van der Waals surface area contributed by atoms with Crippen LogP contribution in [0, 0.1) is 29.6 Å². The number of amides is 1. The second-order valence-corrected chi connectivity index (χ2v) is 15.4. The van der Waals surface area contributed by atoms with Gasteiger partial charge in [0.05, 0.1) is 13.2 Å². The first-order chi connectivity index (χ1) is 13.2. The van der Waals surface area contributed by atoms with E-state index in [-0.39, 0.29) is 30.4 Å². The summed E-state index contributed by atoms with van der Waals surface area (Å²) in [5.74, 6) is 6.49. The zero-order valence-electron chi connectivity index (χ0n) is 18.0. The Morgan fingerprint density at radius 2 is 2.00 bits per heavy atom. The van der Waals surface area contributed by atoms with E-state index in [9.17, 15) is 9.59 Å². The SMILES string of the molecule is C[C@@H]1C[C@H](CC(=O)C#CCCO)[C@H]2CCCN(C(=O)OCC[Si](C)(C)C)[C@@H]2C1. The molecule has 0 aromatic heterocycles. The number of ketones is 1. The van der Waals surface area contributed by atoms with Crippen LogP contribution in [0.15, 0.2) is 0 Å². The van der Waals surface area contributed by atoms with E-state index >= 15 is 0 Å². The topological polar surface area (TPSA) is 66.8 Å². The van der Waals surface area contributed by atoms with Crippen molar-refractivity contribution < 1.29 is 19.4 Å². The molecule has 1 N–H and O–H groups in total. The molecule has 0 aromatic carbocycles. The summed E-state index contributed by atoms with van der Waals surface area (Å²) >= 11 is 0. The Kier molecular flexibility index (Phi) is 8.57. The summed E-state index contributed by atoms with van der Waals surface area (Å²) in [6, 6.07) is 1.17. The van der Waals surface area contributed by atoms with Gasteiger partial charge < -0.3 is 14.7 Å². The molecular formula is C22H37NO4Si. The number of rotatable bonds is 6. The summed E-state index contributed by atoms with van der Waals surface area (Å²) in [7, 11) is -1.22. The highest BCUT2D eigenvalue weighted by molar-refractivity contribution is 6.76. The van der Waals surface area contributed by atoms with Crippen molar-refractivity contribution in [1.29, 1.82) is 0 Å². The minimum absolute atomic E-state index is 0.0137. The third kappa shape index (κ3) is 6.93. The van der Waals surface area contributed by atoms with E-state index in [1.54, 1.807) is 0 Å². The van der Waals surface area contributed by atoms with Gasteiger partial charge in [-0.15, -0.1) is 0 Å². The van der Waals surface area contributed by atoms with Crippen molar-refractivity contribution in [1.82, 2.24) is 4.90 Å². The van der Waals surface area contributed by atoms with E-state index in [1.165, 1.54) is 0 Å². The number of aliphatic hydroxyl groups is 1. The number of carbonyl (C=O) groups is 2. The highest BCUT2D eigenvalue weighted by atomic mass is 28.3. The number of Topliss-reactive ketones (excluding diaryl/α,β-unsaturated/α-hetero) is 1. The third-order valence-corrected chi connectivity index (χ3v) is 7.71. The maximum absolute atomic E-state index is 12.8. The zero-order chi connectivity index (χ0) is 20.7. The molecule has 2 fully saturated rings. The lowest BCUT2D eigenvalue weighted by atomic mass is 9.66. The standard InChI is InChI=1S/C22H37NO4Si/c1-17-14-18(16-19(25)8-5-6-11-24)20-9-7-10-23(21(20)15-17)22(26)27-12-13-28(2,3)4/h17-18,20-21,24H,6-7,9-16H2,1-4H3/t17-,18-,20-,21-/m1/s1. The minimum Gasteiger partial charge on any atom is -0.450 e. The summed E-state index contributed by atoms with van der Waals surface area (Å²) in [6.45, 7) is 10.3. The van der Waals surface area contributed by atoms with Crippen LogP contribution < -0.4 is 0 Å². The molecule has 1 saturated heterocycles. The molecule has 0 spiro atoms. The molecule has 1 saturated carbocycles. The first-order valence-corrected chi connectivity index (χ1v) is 14.5. The van der Waals surface area contributed by atoms with Crippen LogP contribution in [0.1, 0.15) is 45.4 Å². The molecule has 1 heterocycles. The molecule has 2 aliphatic rings. The van der Waals surface area contributed by atoms with Crippen molar-refractivity contribution in [3.05, 3.63) is 0 Å². The Bertz CT molecular complexity index is 604. The average molecular weight is 408 g/mol. The van der Waals surface area contributed by atoms with Gasteiger partial charge in [0, 0.05) is 33.5 Å². The molecule has 1 amide bonds. The predicted molar refractivity (Wildman–Crippen MR) is 114 cm³/mol. The van der Waals surface area contributed by atoms with E-state index in [2.05, 4.69) is 38.4 Å². The van der Waals surface area contributed by atoms with Gasteiger partial charge in [0.15, 0.2) is 0 Å². The Balaban J connectivity index is 2.00. The van der Waals surface area contributed by atoms with Crippen LogP contribution in [-0.2, 0) is 9.53 Å². The Labute approximate surface area is 171 Å². The summed E-state index contributed by atoms with van der Waals surface area (Å²) < 4.78 is 5.63. The van der Waals surface area contributed by atoms with E-state index < -0.39 is 8.07 Å². The minimum atomic E-state index is -1.22. The fourth-order valence-electron chi connectivity index (χ4n) is 4.63. The van der Waals surface area contributed by atoms with Crippen molar-refractivity contribution in [2.75, 3.05) is 19.8 Å². The van der Waals surface area contributed by atoms with Crippen LogP contribution in [0.25, 0.3) is 0 Å². The van der Waals surface area contributed by atoms with Gasteiger partial charge in [0.2, 0.25) is 5.78 Å². The molecule has 0 bridgehead atoms. The van der Waals surface area contributed by atoms with E-state index in [4.69, 9.17) is 9.84 Å². The molecule has 1 aliphatic heterocycles. The number of hydrogen-bond acceptors (Lipinski definition) is 4. The quantitative estimate of drug-likeness (QED) is 0.411. The van der Waals surface area contributed by atoms with Gasteiger partial charge in [0.1, 0.15) is 0 Å². The Morgan fingerprint density at radius 3 is 2.68 bits per heavy atom. The van der Waals surface area contributed by atoms with Crippen LogP contribution >= 0.6 is 0 Å². The van der Waals surface area contributed by atoms with Gasteiger partial charge in [-0.3, -0.25) is 4.79 Å². The Morgan fingerprint density at radius 1 is 1.25 bits per heavy atom. The van der Waals surface area contributed by atoms with Crippen molar-refractivity contribution in [3.8, 4) is 11.8 Å². The summed E-state index contributed by atoms with van der Waals surface area (Å²) in [4.78, 5) is 27.0. The van der Waals surface area contributed by atoms with Gasteiger partial charge in [-0.2, -0.15) is 0 Å². The molecule has 158 valence electrons. The molecule has 0 radical (unpaired) electrons. The van der Waals surface area contributed by atoms with Crippen molar-refractivity contribution in [2.45, 2.75) is 77.2 Å². The maximum Gasteiger partial charge on any atom is 0.410 e. The number of ether oxygens (including phenoxy) is 1. The zero-order valence-corrected chi connectivity index (χ0v) is 19.0. The first-order valence-electron chi connectivity index (χ1n) is 10.8. The third-order valence-electron chi connectivity index (χ3n) is 6.01. The number of aliphatic hydroxyl groups excluding tert-OH is 1. The molecule has 0 aromatic rings. The lowest BCUT2D eigenvalue weighted by molar-refractivity contribution is -0.116. The number of carbonyl (C=O) groups excluding carboxylic acids is 2. The van der Waals surface area contributed by atoms with Crippen LogP contribution in [-0.4, -0.2) is 55.8 Å². The molecule has 2 rings (SSSR count). The predicted octanol–water partition coefficient (Wildman–Crippen LogP) is 3.93. The Hall–Kier alpha value is -1.32. The van der Waals surface area contributed by atoms with Gasteiger partial charge in [-0.25, -0.2) is 4.79 Å². The molecule has 5 nitrogen and oxygen atoms in total. The summed E-state index contributed by atoms with van der Waals surface area (Å²) in [5, 5.41) is 8.82. The fourth-order valence-corrected chi connectivity index (χ4v) is 5.35. The molecule has 6 heteroatoms. The van der Waals surface area contributed by atoms with Crippen LogP contribution in [0.5, 0.6) is 0 Å². The second-order valence-electron chi connectivity index (χ2n) is 9.73. The maximum atomic E-state index is 12.8. The highest BCUT2D eigenvalue weighted by Gasteiger charge is 2.43. The molecule has 1 aliphatic carbocycles. The highest BCUT2D eigenvalue weighted by Crippen LogP contribution is 2.43. The number of nitrogens with zero attached hydrogens (tertiary/aromatic N) is 1. The lowest BCUT2D eigenvalue weighted by Crippen LogP contribution is -2.53. The average Bonchev–Trinajstić information content (AvgIpc) is 2.60. The van der Waals surface area contributed by atoms with E-state index in [0.29, 0.717) is 31.3 Å². The second kappa shape index (κ2) is 10.5.